The third-order valence-electron chi connectivity index (χ3n) is 2.08. The minimum Gasteiger partial charge on any atom is -0.260 e. The van der Waals surface area contributed by atoms with Gasteiger partial charge in [-0.3, -0.25) is 4.98 Å². The van der Waals surface area contributed by atoms with Crippen molar-refractivity contribution in [2.45, 2.75) is 16.8 Å². The molecule has 0 N–H and O–H groups in total. The summed E-state index contributed by atoms with van der Waals surface area (Å²) in [5.74, 6) is 0. The third kappa shape index (κ3) is 2.20. The number of nitriles is 1. The van der Waals surface area contributed by atoms with E-state index in [1.54, 1.807) is 18.6 Å². The quantitative estimate of drug-likeness (QED) is 0.791. The molecular weight excluding hydrogens is 218 g/mol. The Kier molecular flexibility index (Phi) is 3.18. The second-order valence-corrected chi connectivity index (χ2v) is 4.24. The van der Waals surface area contributed by atoms with Crippen LogP contribution in [-0.2, 0) is 0 Å². The molecule has 1 aromatic heterocycles. The number of nitrogens with zero attached hydrogens (tertiary/aromatic N) is 3. The van der Waals surface area contributed by atoms with Gasteiger partial charge in [0.25, 0.3) is 0 Å². The highest BCUT2D eigenvalue weighted by Gasteiger charge is 2.07. The van der Waals surface area contributed by atoms with Crippen LogP contribution in [0.2, 0.25) is 0 Å². The van der Waals surface area contributed by atoms with Crippen LogP contribution in [0, 0.1) is 18.3 Å². The van der Waals surface area contributed by atoms with Crippen molar-refractivity contribution in [1.29, 1.82) is 5.26 Å². The topological polar surface area (TPSA) is 49.6 Å². The molecule has 0 fully saturated rings. The molecule has 0 spiro atoms. The maximum absolute atomic E-state index is 9.02. The van der Waals surface area contributed by atoms with E-state index in [1.807, 2.05) is 25.1 Å². The lowest BCUT2D eigenvalue weighted by Gasteiger charge is -2.05. The summed E-state index contributed by atoms with van der Waals surface area (Å²) in [6.07, 6.45) is 4.97. The number of benzene rings is 1. The summed E-state index contributed by atoms with van der Waals surface area (Å²) < 4.78 is 0. The predicted molar refractivity (Wildman–Crippen MR) is 62.0 cm³/mol. The van der Waals surface area contributed by atoms with Crippen molar-refractivity contribution >= 4 is 11.8 Å². The smallest absolute Gasteiger partial charge is 0.119 e. The Bertz CT molecular complexity index is 532. The molecule has 2 aromatic rings. The van der Waals surface area contributed by atoms with Gasteiger partial charge in [0, 0.05) is 17.3 Å². The van der Waals surface area contributed by atoms with Gasteiger partial charge in [-0.15, -0.1) is 0 Å². The van der Waals surface area contributed by atoms with E-state index in [9.17, 15) is 0 Å². The van der Waals surface area contributed by atoms with Gasteiger partial charge in [-0.05, 0) is 18.6 Å². The molecule has 0 atom stereocenters. The van der Waals surface area contributed by atoms with Crippen LogP contribution in [0.15, 0.2) is 46.7 Å². The lowest BCUT2D eigenvalue weighted by molar-refractivity contribution is 1.05. The fraction of sp³-hybridized carbons (Fsp3) is 0.0833. The summed E-state index contributed by atoms with van der Waals surface area (Å²) in [7, 11) is 0. The van der Waals surface area contributed by atoms with E-state index in [2.05, 4.69) is 16.0 Å². The molecule has 2 rings (SSSR count). The first-order valence-electron chi connectivity index (χ1n) is 4.75. The minimum absolute atomic E-state index is 0.677. The van der Waals surface area contributed by atoms with Crippen LogP contribution in [0.1, 0.15) is 11.1 Å². The molecule has 4 heteroatoms. The second-order valence-electron chi connectivity index (χ2n) is 3.21. The van der Waals surface area contributed by atoms with Crippen LogP contribution >= 0.6 is 11.8 Å². The van der Waals surface area contributed by atoms with Crippen LogP contribution in [0.4, 0.5) is 0 Å². The number of aromatic nitrogens is 2. The molecule has 1 aromatic carbocycles. The Hall–Kier alpha value is -1.86. The number of aryl methyl sites for hydroxylation is 1. The normalized spacial score (nSPS) is 9.75. The van der Waals surface area contributed by atoms with Crippen LogP contribution in [0.25, 0.3) is 0 Å². The van der Waals surface area contributed by atoms with E-state index < -0.39 is 0 Å². The molecule has 0 amide bonds. The molecule has 16 heavy (non-hydrogen) atoms. The van der Waals surface area contributed by atoms with Crippen molar-refractivity contribution in [3.8, 4) is 6.07 Å². The van der Waals surface area contributed by atoms with Gasteiger partial charge in [-0.25, -0.2) is 4.98 Å². The Balaban J connectivity index is 2.39. The van der Waals surface area contributed by atoms with Crippen molar-refractivity contribution in [3.05, 3.63) is 47.9 Å². The van der Waals surface area contributed by atoms with Crippen molar-refractivity contribution in [2.75, 3.05) is 0 Å². The Morgan fingerprint density at radius 1 is 1.31 bits per heavy atom. The van der Waals surface area contributed by atoms with Gasteiger partial charge < -0.3 is 0 Å². The first kappa shape index (κ1) is 10.7. The molecule has 0 aliphatic heterocycles. The van der Waals surface area contributed by atoms with Gasteiger partial charge in [0.15, 0.2) is 0 Å². The second kappa shape index (κ2) is 4.77. The predicted octanol–water partition coefficient (Wildman–Crippen LogP) is 2.81. The summed E-state index contributed by atoms with van der Waals surface area (Å²) in [4.78, 5) is 9.13. The average Bonchev–Trinajstić information content (AvgIpc) is 2.33. The molecule has 1 heterocycles. The zero-order valence-electron chi connectivity index (χ0n) is 8.71. The minimum atomic E-state index is 0.677. The first-order chi connectivity index (χ1) is 7.81. The summed E-state index contributed by atoms with van der Waals surface area (Å²) in [6.45, 7) is 1.99. The van der Waals surface area contributed by atoms with E-state index in [0.29, 0.717) is 5.56 Å². The largest absolute Gasteiger partial charge is 0.260 e. The maximum atomic E-state index is 9.02. The van der Waals surface area contributed by atoms with Gasteiger partial charge in [-0.1, -0.05) is 23.9 Å². The van der Waals surface area contributed by atoms with Crippen molar-refractivity contribution < 1.29 is 0 Å². The highest BCUT2D eigenvalue weighted by atomic mass is 32.2. The zero-order chi connectivity index (χ0) is 11.4. The molecule has 0 saturated carbocycles. The summed E-state index contributed by atoms with van der Waals surface area (Å²) in [5.41, 5.74) is 1.75. The summed E-state index contributed by atoms with van der Waals surface area (Å²) in [5, 5.41) is 9.82. The molecule has 0 radical (unpaired) electrons. The van der Waals surface area contributed by atoms with Crippen molar-refractivity contribution in [3.63, 3.8) is 0 Å². The average molecular weight is 227 g/mol. The number of rotatable bonds is 2. The SMILES string of the molecule is Cc1cccc(C#N)c1Sc1cnccn1. The Morgan fingerprint density at radius 2 is 2.19 bits per heavy atom. The third-order valence-corrected chi connectivity index (χ3v) is 3.24. The van der Waals surface area contributed by atoms with Gasteiger partial charge in [0.1, 0.15) is 11.1 Å². The molecule has 0 bridgehead atoms. The molecule has 0 unspecified atom stereocenters. The Labute approximate surface area is 98.2 Å². The van der Waals surface area contributed by atoms with E-state index in [1.165, 1.54) is 11.8 Å². The van der Waals surface area contributed by atoms with Crippen LogP contribution in [-0.4, -0.2) is 9.97 Å². The van der Waals surface area contributed by atoms with Crippen LogP contribution in [0.5, 0.6) is 0 Å². The first-order valence-corrected chi connectivity index (χ1v) is 5.56. The number of hydrogen-bond acceptors (Lipinski definition) is 4. The number of hydrogen-bond donors (Lipinski definition) is 0. The Morgan fingerprint density at radius 3 is 2.88 bits per heavy atom. The van der Waals surface area contributed by atoms with Crippen molar-refractivity contribution in [2.24, 2.45) is 0 Å². The monoisotopic (exact) mass is 227 g/mol. The lowest BCUT2D eigenvalue weighted by Crippen LogP contribution is -1.87. The highest BCUT2D eigenvalue weighted by molar-refractivity contribution is 7.99. The maximum Gasteiger partial charge on any atom is 0.119 e. The summed E-state index contributed by atoms with van der Waals surface area (Å²) in [6, 6.07) is 7.87. The fourth-order valence-electron chi connectivity index (χ4n) is 1.32. The fourth-order valence-corrected chi connectivity index (χ4v) is 2.21. The van der Waals surface area contributed by atoms with E-state index >= 15 is 0 Å². The standard InChI is InChI=1S/C12H9N3S/c1-9-3-2-4-10(7-13)12(9)16-11-8-14-5-6-15-11/h2-6,8H,1H3. The molecule has 3 nitrogen and oxygen atoms in total. The molecule has 0 aliphatic carbocycles. The van der Waals surface area contributed by atoms with E-state index in [4.69, 9.17) is 5.26 Å². The molecule has 0 saturated heterocycles. The van der Waals surface area contributed by atoms with Gasteiger partial charge in [-0.2, -0.15) is 5.26 Å². The lowest BCUT2D eigenvalue weighted by atomic mass is 10.1. The summed E-state index contributed by atoms with van der Waals surface area (Å²) >= 11 is 1.47. The van der Waals surface area contributed by atoms with Gasteiger partial charge >= 0.3 is 0 Å². The van der Waals surface area contributed by atoms with Crippen LogP contribution in [0.3, 0.4) is 0 Å². The zero-order valence-corrected chi connectivity index (χ0v) is 9.53. The van der Waals surface area contributed by atoms with Gasteiger partial charge in [0.2, 0.25) is 0 Å². The van der Waals surface area contributed by atoms with Crippen LogP contribution < -0.4 is 0 Å². The van der Waals surface area contributed by atoms with Gasteiger partial charge in [0.05, 0.1) is 11.8 Å². The molecule has 78 valence electrons. The van der Waals surface area contributed by atoms with E-state index in [0.717, 1.165) is 15.5 Å². The molecular formula is C12H9N3S. The van der Waals surface area contributed by atoms with E-state index in [-0.39, 0.29) is 0 Å². The van der Waals surface area contributed by atoms with Crippen molar-refractivity contribution in [1.82, 2.24) is 9.97 Å². The molecule has 0 aliphatic rings. The highest BCUT2D eigenvalue weighted by Crippen LogP contribution is 2.30.